The lowest BCUT2D eigenvalue weighted by Crippen LogP contribution is -2.30. The molecule has 1 aromatic carbocycles. The minimum atomic E-state index is -3.61. The average molecular weight is 360 g/mol. The van der Waals surface area contributed by atoms with Gasteiger partial charge in [0.25, 0.3) is 5.91 Å². The highest BCUT2D eigenvalue weighted by molar-refractivity contribution is 7.89. The van der Waals surface area contributed by atoms with E-state index < -0.39 is 15.9 Å². The van der Waals surface area contributed by atoms with Crippen LogP contribution in [0.25, 0.3) is 0 Å². The molecule has 0 fully saturated rings. The number of benzene rings is 1. The van der Waals surface area contributed by atoms with Gasteiger partial charge < -0.3 is 0 Å². The summed E-state index contributed by atoms with van der Waals surface area (Å²) in [5.41, 5.74) is 3.39. The first-order valence-corrected chi connectivity index (χ1v) is 9.26. The number of aromatic nitrogens is 1. The van der Waals surface area contributed by atoms with Crippen molar-refractivity contribution in [1.82, 2.24) is 14.7 Å². The Labute approximate surface area is 147 Å². The van der Waals surface area contributed by atoms with Gasteiger partial charge in [-0.15, -0.1) is 0 Å². The highest BCUT2D eigenvalue weighted by atomic mass is 32.2. The van der Waals surface area contributed by atoms with E-state index in [1.807, 2.05) is 0 Å². The van der Waals surface area contributed by atoms with Gasteiger partial charge in [0.1, 0.15) is 0 Å². The van der Waals surface area contributed by atoms with Crippen molar-refractivity contribution in [3.8, 4) is 0 Å². The maximum absolute atomic E-state index is 12.5. The number of rotatable bonds is 7. The van der Waals surface area contributed by atoms with Crippen molar-refractivity contribution in [2.45, 2.75) is 18.7 Å². The number of hydrazone groups is 1. The minimum Gasteiger partial charge on any atom is -0.267 e. The first-order valence-electron chi connectivity index (χ1n) is 7.82. The molecule has 132 valence electrons. The molecule has 0 aliphatic rings. The molecule has 0 spiro atoms. The fourth-order valence-corrected chi connectivity index (χ4v) is 3.69. The summed E-state index contributed by atoms with van der Waals surface area (Å²) in [6.45, 7) is 4.27. The molecule has 0 saturated carbocycles. The van der Waals surface area contributed by atoms with E-state index in [2.05, 4.69) is 15.5 Å². The zero-order valence-electron chi connectivity index (χ0n) is 14.1. The molecule has 8 heteroatoms. The van der Waals surface area contributed by atoms with E-state index >= 15 is 0 Å². The molecule has 1 N–H and O–H groups in total. The summed E-state index contributed by atoms with van der Waals surface area (Å²) in [6, 6.07) is 9.39. The predicted molar refractivity (Wildman–Crippen MR) is 95.8 cm³/mol. The highest BCUT2D eigenvalue weighted by Gasteiger charge is 2.22. The lowest BCUT2D eigenvalue weighted by atomic mass is 10.2. The summed E-state index contributed by atoms with van der Waals surface area (Å²) in [5.74, 6) is -0.484. The topological polar surface area (TPSA) is 91.7 Å². The van der Waals surface area contributed by atoms with Crippen molar-refractivity contribution in [2.24, 2.45) is 5.10 Å². The third-order valence-electron chi connectivity index (χ3n) is 3.53. The highest BCUT2D eigenvalue weighted by Crippen LogP contribution is 2.17. The number of hydrogen-bond acceptors (Lipinski definition) is 5. The van der Waals surface area contributed by atoms with E-state index in [9.17, 15) is 13.2 Å². The van der Waals surface area contributed by atoms with Crippen molar-refractivity contribution in [2.75, 3.05) is 13.1 Å². The number of nitrogens with one attached hydrogen (secondary N) is 1. The van der Waals surface area contributed by atoms with Crippen LogP contribution in [0.5, 0.6) is 0 Å². The Hall–Kier alpha value is -2.58. The van der Waals surface area contributed by atoms with E-state index in [-0.39, 0.29) is 10.5 Å². The van der Waals surface area contributed by atoms with Gasteiger partial charge in [0.15, 0.2) is 0 Å². The summed E-state index contributed by atoms with van der Waals surface area (Å²) in [7, 11) is -3.61. The second-order valence-electron chi connectivity index (χ2n) is 5.10. The summed E-state index contributed by atoms with van der Waals surface area (Å²) >= 11 is 0. The number of nitrogens with zero attached hydrogens (tertiary/aromatic N) is 3. The Kier molecular flexibility index (Phi) is 6.37. The molecule has 2 rings (SSSR count). The van der Waals surface area contributed by atoms with Gasteiger partial charge in [-0.3, -0.25) is 9.78 Å². The molecule has 0 radical (unpaired) electrons. The van der Waals surface area contributed by atoms with Crippen molar-refractivity contribution in [3.05, 3.63) is 59.9 Å². The summed E-state index contributed by atoms with van der Waals surface area (Å²) in [5, 5.41) is 3.87. The molecule has 1 heterocycles. The van der Waals surface area contributed by atoms with Crippen LogP contribution in [0.3, 0.4) is 0 Å². The van der Waals surface area contributed by atoms with Gasteiger partial charge in [-0.2, -0.15) is 9.41 Å². The number of carbonyl (C=O) groups excluding carboxylic acids is 1. The van der Waals surface area contributed by atoms with Gasteiger partial charge in [0.2, 0.25) is 10.0 Å². The fraction of sp³-hybridized carbons (Fsp3) is 0.235. The van der Waals surface area contributed by atoms with E-state index in [1.165, 1.54) is 28.7 Å². The van der Waals surface area contributed by atoms with Gasteiger partial charge in [-0.25, -0.2) is 13.8 Å². The smallest absolute Gasteiger partial charge is 0.267 e. The van der Waals surface area contributed by atoms with Gasteiger partial charge in [0, 0.05) is 31.0 Å². The van der Waals surface area contributed by atoms with Crippen LogP contribution in [0.15, 0.2) is 58.8 Å². The Balaban J connectivity index is 2.15. The third-order valence-corrected chi connectivity index (χ3v) is 5.57. The van der Waals surface area contributed by atoms with E-state index in [0.29, 0.717) is 13.1 Å². The van der Waals surface area contributed by atoms with Crippen LogP contribution in [0.1, 0.15) is 29.8 Å². The molecule has 0 bridgehead atoms. The Morgan fingerprint density at radius 2 is 1.88 bits per heavy atom. The second-order valence-corrected chi connectivity index (χ2v) is 7.03. The molecule has 1 aromatic heterocycles. The molecule has 1 amide bonds. The summed E-state index contributed by atoms with van der Waals surface area (Å²) in [6.07, 6.45) is 4.71. The first-order chi connectivity index (χ1) is 12.0. The van der Waals surface area contributed by atoms with Crippen LogP contribution in [-0.4, -0.2) is 42.9 Å². The van der Waals surface area contributed by atoms with Crippen molar-refractivity contribution in [3.63, 3.8) is 0 Å². The van der Waals surface area contributed by atoms with Crippen LogP contribution in [0.4, 0.5) is 0 Å². The summed E-state index contributed by atoms with van der Waals surface area (Å²) in [4.78, 5) is 16.1. The molecule has 2 aromatic rings. The largest absolute Gasteiger partial charge is 0.271 e. The molecule has 25 heavy (non-hydrogen) atoms. The number of pyridine rings is 1. The molecular weight excluding hydrogens is 340 g/mol. The predicted octanol–water partition coefficient (Wildman–Crippen LogP) is 1.88. The van der Waals surface area contributed by atoms with Crippen LogP contribution >= 0.6 is 0 Å². The van der Waals surface area contributed by atoms with E-state index in [0.717, 1.165) is 5.56 Å². The monoisotopic (exact) mass is 360 g/mol. The normalized spacial score (nSPS) is 11.8. The number of sulfonamides is 1. The fourth-order valence-electron chi connectivity index (χ4n) is 2.19. The molecule has 7 nitrogen and oxygen atoms in total. The van der Waals surface area contributed by atoms with Crippen LogP contribution < -0.4 is 5.43 Å². The molecule has 0 unspecified atom stereocenters. The van der Waals surface area contributed by atoms with Crippen LogP contribution in [0, 0.1) is 0 Å². The first kappa shape index (κ1) is 18.8. The molecule has 0 aliphatic carbocycles. The van der Waals surface area contributed by atoms with Crippen molar-refractivity contribution < 1.29 is 13.2 Å². The van der Waals surface area contributed by atoms with Gasteiger partial charge >= 0.3 is 0 Å². The van der Waals surface area contributed by atoms with Crippen molar-refractivity contribution >= 4 is 22.1 Å². The van der Waals surface area contributed by atoms with Crippen molar-refractivity contribution in [1.29, 1.82) is 0 Å². The number of carbonyl (C=O) groups is 1. The lowest BCUT2D eigenvalue weighted by Gasteiger charge is -2.18. The maximum atomic E-state index is 12.5. The second kappa shape index (κ2) is 8.50. The third kappa shape index (κ3) is 4.71. The van der Waals surface area contributed by atoms with Gasteiger partial charge in [0.05, 0.1) is 11.1 Å². The lowest BCUT2D eigenvalue weighted by molar-refractivity contribution is 0.0955. The number of hydrogen-bond donors (Lipinski definition) is 1. The van der Waals surface area contributed by atoms with E-state index in [4.69, 9.17) is 0 Å². The maximum Gasteiger partial charge on any atom is 0.271 e. The zero-order valence-corrected chi connectivity index (χ0v) is 14.9. The van der Waals surface area contributed by atoms with Crippen LogP contribution in [-0.2, 0) is 10.0 Å². The SMILES string of the molecule is CCN(CC)S(=O)(=O)c1cccc(C(=O)N/N=C\c2ccncc2)c1. The zero-order chi connectivity index (χ0) is 18.3. The Morgan fingerprint density at radius 1 is 1.20 bits per heavy atom. The number of amides is 1. The Morgan fingerprint density at radius 3 is 2.52 bits per heavy atom. The standard InChI is InChI=1S/C17H20N4O3S/c1-3-21(4-2)25(23,24)16-7-5-6-15(12-16)17(22)20-19-13-14-8-10-18-11-9-14/h5-13H,3-4H2,1-2H3,(H,20,22)/b19-13-. The molecule has 0 atom stereocenters. The molecule has 0 aliphatic heterocycles. The quantitative estimate of drug-likeness (QED) is 0.603. The van der Waals surface area contributed by atoms with Gasteiger partial charge in [-0.1, -0.05) is 19.9 Å². The average Bonchev–Trinajstić information content (AvgIpc) is 2.63. The minimum absolute atomic E-state index is 0.0852. The van der Waals surface area contributed by atoms with E-state index in [1.54, 1.807) is 44.4 Å². The Bertz CT molecular complexity index is 847. The summed E-state index contributed by atoms with van der Waals surface area (Å²) < 4.78 is 26.4. The van der Waals surface area contributed by atoms with Gasteiger partial charge in [-0.05, 0) is 35.9 Å². The molecule has 0 saturated heterocycles. The molecular formula is C17H20N4O3S. The van der Waals surface area contributed by atoms with Crippen LogP contribution in [0.2, 0.25) is 0 Å².